The Morgan fingerprint density at radius 3 is 2.35 bits per heavy atom. The van der Waals surface area contributed by atoms with E-state index in [2.05, 4.69) is 5.16 Å². The molecule has 1 rings (SSSR count). The summed E-state index contributed by atoms with van der Waals surface area (Å²) in [4.78, 5) is 0. The van der Waals surface area contributed by atoms with Gasteiger partial charge in [0.15, 0.2) is 9.84 Å². The van der Waals surface area contributed by atoms with Crippen LogP contribution in [-0.4, -0.2) is 37.4 Å². The standard InChI is InChI=1S/C14H21NO4S/c1-3-10-20(17,18)11-9-19-13-7-5-12(6-8-13)14(4-2)15-16/h5-8,16H,3-4,9-11H2,1-2H3/b15-14+. The number of hydrogen-bond acceptors (Lipinski definition) is 5. The molecule has 0 atom stereocenters. The van der Waals surface area contributed by atoms with Gasteiger partial charge < -0.3 is 9.94 Å². The Bertz CT molecular complexity index is 535. The van der Waals surface area contributed by atoms with Gasteiger partial charge in [-0.3, -0.25) is 0 Å². The number of rotatable bonds is 8. The van der Waals surface area contributed by atoms with E-state index in [4.69, 9.17) is 9.94 Å². The molecule has 0 unspecified atom stereocenters. The van der Waals surface area contributed by atoms with Crippen molar-refractivity contribution in [2.75, 3.05) is 18.1 Å². The SMILES string of the molecule is CCCS(=O)(=O)CCOc1ccc(/C(CC)=N/O)cc1. The molecule has 6 heteroatoms. The van der Waals surface area contributed by atoms with Crippen LogP contribution in [0.2, 0.25) is 0 Å². The minimum atomic E-state index is -3.01. The molecule has 5 nitrogen and oxygen atoms in total. The second-order valence-corrected chi connectivity index (χ2v) is 6.73. The van der Waals surface area contributed by atoms with Gasteiger partial charge in [0, 0.05) is 0 Å². The molecule has 0 amide bonds. The monoisotopic (exact) mass is 299 g/mol. The van der Waals surface area contributed by atoms with E-state index in [0.29, 0.717) is 24.3 Å². The predicted molar refractivity (Wildman–Crippen MR) is 79.5 cm³/mol. The molecule has 0 radical (unpaired) electrons. The van der Waals surface area contributed by atoms with Gasteiger partial charge in [-0.2, -0.15) is 0 Å². The van der Waals surface area contributed by atoms with E-state index in [9.17, 15) is 8.42 Å². The van der Waals surface area contributed by atoms with E-state index >= 15 is 0 Å². The molecule has 0 saturated heterocycles. The molecule has 0 fully saturated rings. The molecule has 1 aromatic carbocycles. The highest BCUT2D eigenvalue weighted by atomic mass is 32.2. The minimum Gasteiger partial charge on any atom is -0.493 e. The van der Waals surface area contributed by atoms with Gasteiger partial charge in [0.1, 0.15) is 12.4 Å². The summed E-state index contributed by atoms with van der Waals surface area (Å²) < 4.78 is 28.4. The number of hydrogen-bond donors (Lipinski definition) is 1. The molecule has 0 aromatic heterocycles. The molecule has 20 heavy (non-hydrogen) atoms. The first kappa shape index (κ1) is 16.5. The molecule has 1 N–H and O–H groups in total. The molecule has 0 aliphatic carbocycles. The van der Waals surface area contributed by atoms with E-state index in [1.165, 1.54) is 0 Å². The van der Waals surface area contributed by atoms with Gasteiger partial charge in [-0.05, 0) is 42.7 Å². The van der Waals surface area contributed by atoms with Crippen LogP contribution in [0.15, 0.2) is 29.4 Å². The largest absolute Gasteiger partial charge is 0.493 e. The molecule has 0 saturated carbocycles. The first-order valence-electron chi connectivity index (χ1n) is 6.67. The molecule has 0 aliphatic heterocycles. The van der Waals surface area contributed by atoms with Crippen LogP contribution in [0.5, 0.6) is 5.75 Å². The summed E-state index contributed by atoms with van der Waals surface area (Å²) in [5, 5.41) is 12.0. The number of ether oxygens (including phenoxy) is 1. The third-order valence-corrected chi connectivity index (χ3v) is 4.64. The van der Waals surface area contributed by atoms with Crippen LogP contribution >= 0.6 is 0 Å². The van der Waals surface area contributed by atoms with Crippen LogP contribution in [0.3, 0.4) is 0 Å². The van der Waals surface area contributed by atoms with Crippen LogP contribution in [0.25, 0.3) is 0 Å². The Morgan fingerprint density at radius 2 is 1.85 bits per heavy atom. The van der Waals surface area contributed by atoms with Crippen molar-refractivity contribution < 1.29 is 18.4 Å². The molecule has 0 aliphatic rings. The fraction of sp³-hybridized carbons (Fsp3) is 0.500. The Balaban J connectivity index is 2.55. The number of nitrogens with zero attached hydrogens (tertiary/aromatic N) is 1. The molecule has 1 aromatic rings. The highest BCUT2D eigenvalue weighted by Crippen LogP contribution is 2.14. The number of benzene rings is 1. The highest BCUT2D eigenvalue weighted by molar-refractivity contribution is 7.91. The van der Waals surface area contributed by atoms with E-state index in [0.717, 1.165) is 5.56 Å². The lowest BCUT2D eigenvalue weighted by molar-refractivity contribution is 0.318. The zero-order chi connectivity index (χ0) is 15.0. The maximum absolute atomic E-state index is 11.5. The number of sulfone groups is 1. The lowest BCUT2D eigenvalue weighted by Gasteiger charge is -2.08. The van der Waals surface area contributed by atoms with Gasteiger partial charge in [-0.25, -0.2) is 8.42 Å². The number of oxime groups is 1. The third kappa shape index (κ3) is 5.21. The van der Waals surface area contributed by atoms with Crippen LogP contribution in [0, 0.1) is 0 Å². The molecular weight excluding hydrogens is 278 g/mol. The van der Waals surface area contributed by atoms with Crippen LogP contribution in [-0.2, 0) is 9.84 Å². The molecule has 0 spiro atoms. The van der Waals surface area contributed by atoms with Crippen LogP contribution in [0.4, 0.5) is 0 Å². The van der Waals surface area contributed by atoms with Crippen molar-refractivity contribution in [3.63, 3.8) is 0 Å². The quantitative estimate of drug-likeness (QED) is 0.454. The van der Waals surface area contributed by atoms with E-state index in [-0.39, 0.29) is 18.1 Å². The summed E-state index contributed by atoms with van der Waals surface area (Å²) in [5.74, 6) is 0.831. The fourth-order valence-electron chi connectivity index (χ4n) is 1.78. The summed E-state index contributed by atoms with van der Waals surface area (Å²) in [6, 6.07) is 7.05. The molecule has 0 heterocycles. The normalized spacial score (nSPS) is 12.4. The first-order chi connectivity index (χ1) is 9.52. The summed E-state index contributed by atoms with van der Waals surface area (Å²) in [7, 11) is -3.01. The second kappa shape index (κ2) is 7.89. The van der Waals surface area contributed by atoms with E-state index in [1.54, 1.807) is 24.3 Å². The average molecular weight is 299 g/mol. The van der Waals surface area contributed by atoms with Crippen LogP contribution < -0.4 is 4.74 Å². The Hall–Kier alpha value is -1.56. The third-order valence-electron chi connectivity index (χ3n) is 2.82. The van der Waals surface area contributed by atoms with E-state index < -0.39 is 9.84 Å². The maximum Gasteiger partial charge on any atom is 0.153 e. The Morgan fingerprint density at radius 1 is 1.20 bits per heavy atom. The topological polar surface area (TPSA) is 76.0 Å². The summed E-state index contributed by atoms with van der Waals surface area (Å²) in [6.07, 6.45) is 1.25. The Kier molecular flexibility index (Phi) is 6.51. The first-order valence-corrected chi connectivity index (χ1v) is 8.49. The fourth-order valence-corrected chi connectivity index (χ4v) is 2.94. The van der Waals surface area contributed by atoms with Gasteiger partial charge in [0.25, 0.3) is 0 Å². The van der Waals surface area contributed by atoms with Crippen molar-refractivity contribution in [1.29, 1.82) is 0 Å². The smallest absolute Gasteiger partial charge is 0.153 e. The maximum atomic E-state index is 11.5. The molecule has 112 valence electrons. The summed E-state index contributed by atoms with van der Waals surface area (Å²) >= 11 is 0. The molecule has 0 bridgehead atoms. The Labute approximate surface area is 120 Å². The van der Waals surface area contributed by atoms with Crippen molar-refractivity contribution >= 4 is 15.5 Å². The zero-order valence-corrected chi connectivity index (χ0v) is 12.7. The average Bonchev–Trinajstić information content (AvgIpc) is 2.41. The second-order valence-electron chi connectivity index (χ2n) is 4.42. The van der Waals surface area contributed by atoms with Gasteiger partial charge >= 0.3 is 0 Å². The summed E-state index contributed by atoms with van der Waals surface area (Å²) in [6.45, 7) is 3.89. The van der Waals surface area contributed by atoms with Crippen molar-refractivity contribution in [3.05, 3.63) is 29.8 Å². The van der Waals surface area contributed by atoms with Gasteiger partial charge in [-0.15, -0.1) is 0 Å². The summed E-state index contributed by atoms with van der Waals surface area (Å²) in [5.41, 5.74) is 1.42. The van der Waals surface area contributed by atoms with Crippen molar-refractivity contribution in [1.82, 2.24) is 0 Å². The van der Waals surface area contributed by atoms with Gasteiger partial charge in [-0.1, -0.05) is 19.0 Å². The minimum absolute atomic E-state index is 0.0287. The van der Waals surface area contributed by atoms with E-state index in [1.807, 2.05) is 13.8 Å². The van der Waals surface area contributed by atoms with Crippen molar-refractivity contribution in [2.24, 2.45) is 5.16 Å². The van der Waals surface area contributed by atoms with Gasteiger partial charge in [0.05, 0.1) is 17.2 Å². The highest BCUT2D eigenvalue weighted by Gasteiger charge is 2.09. The lowest BCUT2D eigenvalue weighted by Crippen LogP contribution is -2.16. The van der Waals surface area contributed by atoms with Gasteiger partial charge in [0.2, 0.25) is 0 Å². The van der Waals surface area contributed by atoms with Crippen molar-refractivity contribution in [2.45, 2.75) is 26.7 Å². The zero-order valence-electron chi connectivity index (χ0n) is 11.9. The molecular formula is C14H21NO4S. The predicted octanol–water partition coefficient (Wildman–Crippen LogP) is 2.48. The lowest BCUT2D eigenvalue weighted by atomic mass is 10.1. The van der Waals surface area contributed by atoms with Crippen LogP contribution in [0.1, 0.15) is 32.3 Å². The van der Waals surface area contributed by atoms with Crippen molar-refractivity contribution in [3.8, 4) is 5.75 Å².